The van der Waals surface area contributed by atoms with Gasteiger partial charge in [0.05, 0.1) is 12.6 Å². The lowest BCUT2D eigenvalue weighted by Crippen LogP contribution is -2.50. The summed E-state index contributed by atoms with van der Waals surface area (Å²) in [4.78, 5) is 37.5. The number of ether oxygens (including phenoxy) is 1. The molecule has 3 rings (SSSR count). The number of nitrogens with two attached hydrogens (primary N) is 1. The first kappa shape index (κ1) is 14.6. The van der Waals surface area contributed by atoms with Gasteiger partial charge in [0.1, 0.15) is 5.56 Å². The number of carbonyl (C=O) groups excluding carboxylic acids is 2. The normalized spacial score (nSPS) is 23.3. The fraction of sp³-hybridized carbons (Fsp3) is 0.500. The quantitative estimate of drug-likeness (QED) is 0.803. The molecule has 3 heterocycles. The fourth-order valence-electron chi connectivity index (χ4n) is 3.13. The molecule has 8 heteroatoms. The number of rotatable bonds is 3. The molecule has 8 nitrogen and oxygen atoms in total. The van der Waals surface area contributed by atoms with Crippen LogP contribution in [0.25, 0.3) is 0 Å². The summed E-state index contributed by atoms with van der Waals surface area (Å²) in [6, 6.07) is -0.246. The van der Waals surface area contributed by atoms with Crippen LogP contribution in [0.2, 0.25) is 0 Å². The summed E-state index contributed by atoms with van der Waals surface area (Å²) in [5, 5.41) is 10.1. The van der Waals surface area contributed by atoms with Crippen molar-refractivity contribution >= 4 is 11.8 Å². The molecule has 2 amide bonds. The molecule has 0 aliphatic carbocycles. The molecule has 2 aliphatic heterocycles. The summed E-state index contributed by atoms with van der Waals surface area (Å²) < 4.78 is 7.09. The highest BCUT2D eigenvalue weighted by molar-refractivity contribution is 5.98. The van der Waals surface area contributed by atoms with E-state index in [1.165, 1.54) is 15.7 Å². The highest BCUT2D eigenvalue weighted by Crippen LogP contribution is 2.37. The number of pyridine rings is 1. The Hall–Kier alpha value is -2.35. The summed E-state index contributed by atoms with van der Waals surface area (Å²) in [7, 11) is 0. The number of nitrogens with zero attached hydrogens (tertiary/aromatic N) is 2. The van der Waals surface area contributed by atoms with Crippen LogP contribution in [-0.2, 0) is 4.74 Å². The van der Waals surface area contributed by atoms with E-state index in [1.807, 2.05) is 6.92 Å². The van der Waals surface area contributed by atoms with Crippen molar-refractivity contribution in [2.45, 2.75) is 32.0 Å². The van der Waals surface area contributed by atoms with E-state index in [-0.39, 0.29) is 17.3 Å². The molecule has 0 spiro atoms. The van der Waals surface area contributed by atoms with E-state index >= 15 is 0 Å². The van der Waals surface area contributed by atoms with Crippen LogP contribution in [-0.4, -0.2) is 45.8 Å². The van der Waals surface area contributed by atoms with E-state index in [1.54, 1.807) is 0 Å². The van der Waals surface area contributed by atoms with Crippen LogP contribution in [0.15, 0.2) is 11.0 Å². The molecule has 0 unspecified atom stereocenters. The third kappa shape index (κ3) is 1.91. The first-order valence-electron chi connectivity index (χ1n) is 7.17. The lowest BCUT2D eigenvalue weighted by Gasteiger charge is -2.39. The predicted octanol–water partition coefficient (Wildman–Crippen LogP) is -0.194. The standard InChI is InChI=1S/C14H17N3O5/c1-2-4-16-13(21)9-11(19)10(18)7(12(15)20)6-17(9)8-3-5-22-14(8)16/h6,8,14,19H,2-5H2,1H3,(H2,15,20)/t8-,14+/m1/s1. The topological polar surface area (TPSA) is 115 Å². The Bertz CT molecular complexity index is 711. The summed E-state index contributed by atoms with van der Waals surface area (Å²) in [5.74, 6) is -2.14. The lowest BCUT2D eigenvalue weighted by atomic mass is 10.0. The Morgan fingerprint density at radius 3 is 2.86 bits per heavy atom. The second-order valence-electron chi connectivity index (χ2n) is 5.46. The number of fused-ring (bicyclic) bond motifs is 3. The van der Waals surface area contributed by atoms with Gasteiger partial charge in [0.15, 0.2) is 17.7 Å². The second kappa shape index (κ2) is 5.13. The average molecular weight is 307 g/mol. The van der Waals surface area contributed by atoms with E-state index in [9.17, 15) is 19.5 Å². The van der Waals surface area contributed by atoms with Crippen molar-refractivity contribution in [3.63, 3.8) is 0 Å². The van der Waals surface area contributed by atoms with Crippen molar-refractivity contribution in [2.24, 2.45) is 5.73 Å². The van der Waals surface area contributed by atoms with Gasteiger partial charge in [0.2, 0.25) is 5.43 Å². The van der Waals surface area contributed by atoms with Crippen LogP contribution in [0.4, 0.5) is 0 Å². The highest BCUT2D eigenvalue weighted by atomic mass is 16.5. The number of primary amides is 1. The van der Waals surface area contributed by atoms with E-state index < -0.39 is 29.2 Å². The summed E-state index contributed by atoms with van der Waals surface area (Å²) in [6.07, 6.45) is 2.14. The minimum atomic E-state index is -0.936. The highest BCUT2D eigenvalue weighted by Gasteiger charge is 2.44. The minimum Gasteiger partial charge on any atom is -0.503 e. The third-order valence-corrected chi connectivity index (χ3v) is 4.10. The van der Waals surface area contributed by atoms with Gasteiger partial charge >= 0.3 is 0 Å². The molecule has 0 radical (unpaired) electrons. The zero-order valence-electron chi connectivity index (χ0n) is 12.1. The first-order valence-corrected chi connectivity index (χ1v) is 7.17. The number of carbonyl (C=O) groups is 2. The molecular weight excluding hydrogens is 290 g/mol. The molecule has 1 saturated heterocycles. The Morgan fingerprint density at radius 2 is 2.23 bits per heavy atom. The van der Waals surface area contributed by atoms with Gasteiger partial charge in [-0.3, -0.25) is 14.4 Å². The molecular formula is C14H17N3O5. The van der Waals surface area contributed by atoms with Crippen molar-refractivity contribution in [3.8, 4) is 5.75 Å². The smallest absolute Gasteiger partial charge is 0.276 e. The van der Waals surface area contributed by atoms with Gasteiger partial charge in [0.25, 0.3) is 11.8 Å². The van der Waals surface area contributed by atoms with Gasteiger partial charge in [-0.1, -0.05) is 6.92 Å². The maximum atomic E-state index is 12.6. The van der Waals surface area contributed by atoms with Crippen LogP contribution < -0.4 is 11.2 Å². The van der Waals surface area contributed by atoms with Crippen LogP contribution in [0.3, 0.4) is 0 Å². The lowest BCUT2D eigenvalue weighted by molar-refractivity contribution is -0.0349. The number of amides is 2. The number of aromatic hydroxyl groups is 1. The van der Waals surface area contributed by atoms with E-state index in [4.69, 9.17) is 10.5 Å². The number of aromatic nitrogens is 1. The SMILES string of the molecule is CCCN1C(=O)c2c(O)c(=O)c(C(N)=O)cn2[C@@H]2CCO[C@@H]21. The van der Waals surface area contributed by atoms with Crippen LogP contribution in [0.5, 0.6) is 5.75 Å². The molecule has 0 aromatic carbocycles. The molecule has 2 atom stereocenters. The molecule has 1 aromatic rings. The van der Waals surface area contributed by atoms with E-state index in [0.717, 1.165) is 6.42 Å². The Kier molecular flexibility index (Phi) is 3.40. The maximum absolute atomic E-state index is 12.6. The molecule has 2 aliphatic rings. The predicted molar refractivity (Wildman–Crippen MR) is 75.6 cm³/mol. The summed E-state index contributed by atoms with van der Waals surface area (Å²) in [6.45, 7) is 2.85. The minimum absolute atomic E-state index is 0.102. The van der Waals surface area contributed by atoms with Gasteiger partial charge in [-0.15, -0.1) is 0 Å². The monoisotopic (exact) mass is 307 g/mol. The zero-order chi connectivity index (χ0) is 16.0. The summed E-state index contributed by atoms with van der Waals surface area (Å²) in [5.41, 5.74) is 3.83. The number of hydrogen-bond acceptors (Lipinski definition) is 5. The van der Waals surface area contributed by atoms with Crippen molar-refractivity contribution < 1.29 is 19.4 Å². The molecule has 0 bridgehead atoms. The molecule has 22 heavy (non-hydrogen) atoms. The average Bonchev–Trinajstić information content (AvgIpc) is 2.95. The molecule has 118 valence electrons. The maximum Gasteiger partial charge on any atom is 0.276 e. The van der Waals surface area contributed by atoms with Crippen LogP contribution in [0, 0.1) is 0 Å². The van der Waals surface area contributed by atoms with Gasteiger partial charge < -0.3 is 25.0 Å². The first-order chi connectivity index (χ1) is 10.5. The molecule has 1 fully saturated rings. The van der Waals surface area contributed by atoms with Gasteiger partial charge in [-0.05, 0) is 12.8 Å². The van der Waals surface area contributed by atoms with Crippen molar-refractivity contribution in [3.05, 3.63) is 27.7 Å². The largest absolute Gasteiger partial charge is 0.503 e. The van der Waals surface area contributed by atoms with E-state index in [2.05, 4.69) is 0 Å². The summed E-state index contributed by atoms with van der Waals surface area (Å²) >= 11 is 0. The van der Waals surface area contributed by atoms with Crippen LogP contribution >= 0.6 is 0 Å². The Balaban J connectivity index is 2.23. The second-order valence-corrected chi connectivity index (χ2v) is 5.46. The Morgan fingerprint density at radius 1 is 1.50 bits per heavy atom. The molecule has 0 saturated carbocycles. The van der Waals surface area contributed by atoms with Crippen molar-refractivity contribution in [2.75, 3.05) is 13.2 Å². The van der Waals surface area contributed by atoms with Gasteiger partial charge in [-0.25, -0.2) is 0 Å². The Labute approximate surface area is 126 Å². The van der Waals surface area contributed by atoms with Crippen molar-refractivity contribution in [1.82, 2.24) is 9.47 Å². The molecule has 3 N–H and O–H groups in total. The number of hydrogen-bond donors (Lipinski definition) is 2. The van der Waals surface area contributed by atoms with E-state index in [0.29, 0.717) is 19.6 Å². The zero-order valence-corrected chi connectivity index (χ0v) is 12.1. The van der Waals surface area contributed by atoms with Gasteiger partial charge in [-0.2, -0.15) is 0 Å². The van der Waals surface area contributed by atoms with Crippen LogP contribution in [0.1, 0.15) is 46.7 Å². The van der Waals surface area contributed by atoms with Gasteiger partial charge in [0, 0.05) is 12.7 Å². The fourth-order valence-corrected chi connectivity index (χ4v) is 3.13. The molecule has 1 aromatic heterocycles. The third-order valence-electron chi connectivity index (χ3n) is 4.10. The van der Waals surface area contributed by atoms with Crippen molar-refractivity contribution in [1.29, 1.82) is 0 Å².